The Hall–Kier alpha value is -10.1. The first-order valence-corrected chi connectivity index (χ1v) is 27.7. The molecule has 0 radical (unpaired) electrons. The molecule has 0 saturated heterocycles. The Kier molecular flexibility index (Phi) is 19.2. The number of nitrogens with zero attached hydrogens (tertiary/aromatic N) is 18. The Labute approximate surface area is 507 Å². The monoisotopic (exact) mass is 1250 g/mol. The number of carbonyl (C=O) groups is 3. The fourth-order valence-corrected chi connectivity index (χ4v) is 9.16. The van der Waals surface area contributed by atoms with Crippen molar-refractivity contribution < 1.29 is 59.3 Å². The van der Waals surface area contributed by atoms with Crippen LogP contribution in [0.4, 0.5) is 30.7 Å². The van der Waals surface area contributed by atoms with E-state index in [1.165, 1.54) is 57.7 Å². The van der Waals surface area contributed by atoms with Crippen LogP contribution < -0.4 is 14.2 Å². The van der Waals surface area contributed by atoms with Crippen molar-refractivity contribution in [3.8, 4) is 57.5 Å². The number of rotatable bonds is 23. The molecule has 0 fully saturated rings. The maximum absolute atomic E-state index is 15.1. The summed E-state index contributed by atoms with van der Waals surface area (Å²) in [7, 11) is 0. The predicted molar refractivity (Wildman–Crippen MR) is 303 cm³/mol. The number of pyridine rings is 6. The van der Waals surface area contributed by atoms with Crippen molar-refractivity contribution in [1.82, 2.24) is 89.6 Å². The standard InChI is InChI=1S/C57H54ClF7N18O6/c1-8-78(33(5)29-87-47-19-12-36(24-66-47)56(60,61)62)53(84)49-45(16-11-32(4)73-49)82-71-27-43(76-82)41-15-18-46(51(75-41)55(86)80(10-3)35(7)31-89-52-39(59)23-37(25-68-52)57(63,64)65)83-72-28-42(77-83)40-14-17-44(81-69-21-22-70-81)50(74-40)54(85)79(9-2)34(6)30-88-48-20-13-38(58)26-67-48/h11-28,33-35H,8-10,29-31H2,1-7H3/t33-,34-,35-/m0/s1. The van der Waals surface area contributed by atoms with Gasteiger partial charge in [0.2, 0.25) is 17.6 Å². The summed E-state index contributed by atoms with van der Waals surface area (Å²) in [4.78, 5) is 77.4. The average molecular weight is 1260 g/mol. The normalized spacial score (nSPS) is 12.7. The molecule has 9 aromatic heterocycles. The molecule has 32 heteroatoms. The van der Waals surface area contributed by atoms with E-state index in [1.807, 2.05) is 0 Å². The first kappa shape index (κ1) is 63.4. The van der Waals surface area contributed by atoms with Crippen molar-refractivity contribution in [3.05, 3.63) is 155 Å². The van der Waals surface area contributed by atoms with Gasteiger partial charge in [0.05, 0.1) is 70.5 Å². The first-order chi connectivity index (χ1) is 42.4. The van der Waals surface area contributed by atoms with Crippen LogP contribution in [0.1, 0.15) is 89.8 Å². The molecule has 3 atom stereocenters. The summed E-state index contributed by atoms with van der Waals surface area (Å²) in [6, 6.07) is 12.7. The topological polar surface area (TPSA) is 258 Å². The molecule has 0 aromatic carbocycles. The van der Waals surface area contributed by atoms with Gasteiger partial charge in [0.25, 0.3) is 17.7 Å². The highest BCUT2D eigenvalue weighted by molar-refractivity contribution is 6.30. The molecule has 89 heavy (non-hydrogen) atoms. The van der Waals surface area contributed by atoms with Gasteiger partial charge < -0.3 is 28.9 Å². The molecule has 9 rings (SSSR count). The van der Waals surface area contributed by atoms with Gasteiger partial charge in [-0.2, -0.15) is 46.7 Å². The number of halogens is 8. The second-order valence-corrected chi connectivity index (χ2v) is 20.2. The summed E-state index contributed by atoms with van der Waals surface area (Å²) < 4.78 is 112. The highest BCUT2D eigenvalue weighted by Crippen LogP contribution is 2.32. The minimum absolute atomic E-state index is 0.00991. The van der Waals surface area contributed by atoms with Crippen molar-refractivity contribution in [3.63, 3.8) is 0 Å². The lowest BCUT2D eigenvalue weighted by Gasteiger charge is -2.28. The van der Waals surface area contributed by atoms with Crippen molar-refractivity contribution in [2.45, 2.75) is 78.9 Å². The number of likely N-dealkylation sites (N-methyl/N-ethyl adjacent to an activating group) is 3. The van der Waals surface area contributed by atoms with Gasteiger partial charge >= 0.3 is 12.4 Å². The summed E-state index contributed by atoms with van der Waals surface area (Å²) in [5, 5.41) is 27.2. The number of aryl methyl sites for hydroxylation is 1. The number of ether oxygens (including phenoxy) is 3. The van der Waals surface area contributed by atoms with Gasteiger partial charge in [-0.05, 0) is 103 Å². The maximum Gasteiger partial charge on any atom is 0.417 e. The van der Waals surface area contributed by atoms with Crippen LogP contribution in [0, 0.1) is 12.7 Å². The van der Waals surface area contributed by atoms with E-state index < -0.39 is 77.6 Å². The lowest BCUT2D eigenvalue weighted by atomic mass is 10.2. The van der Waals surface area contributed by atoms with E-state index >= 15 is 4.79 Å². The van der Waals surface area contributed by atoms with Gasteiger partial charge in [0, 0.05) is 56.1 Å². The van der Waals surface area contributed by atoms with Crippen LogP contribution in [-0.4, -0.2) is 165 Å². The van der Waals surface area contributed by atoms with Gasteiger partial charge in [0.1, 0.15) is 48.3 Å². The van der Waals surface area contributed by atoms with Crippen molar-refractivity contribution in [2.24, 2.45) is 0 Å². The van der Waals surface area contributed by atoms with Crippen LogP contribution in [-0.2, 0) is 12.4 Å². The Balaban J connectivity index is 1.04. The fraction of sp³-hybridized carbons (Fsp3) is 0.316. The average Bonchev–Trinajstić information content (AvgIpc) is 2.22. The summed E-state index contributed by atoms with van der Waals surface area (Å²) >= 11 is 6.00. The molecule has 0 aliphatic rings. The lowest BCUT2D eigenvalue weighted by Crippen LogP contribution is -2.42. The second-order valence-electron chi connectivity index (χ2n) is 19.8. The molecule has 9 aromatic rings. The Bertz CT molecular complexity index is 3970. The molecule has 9 heterocycles. The third-order valence-electron chi connectivity index (χ3n) is 13.6. The molecule has 24 nitrogen and oxygen atoms in total. The van der Waals surface area contributed by atoms with E-state index in [1.54, 1.807) is 89.8 Å². The van der Waals surface area contributed by atoms with Gasteiger partial charge in [0.15, 0.2) is 22.9 Å². The quantitative estimate of drug-likeness (QED) is 0.0541. The molecule has 3 amide bonds. The number of aromatic nitrogens is 15. The SMILES string of the molecule is CCN(C(=O)c1nc(-c2cnn(-c3ccc(-c4cnn(-c5ccc(C)nc5C(=O)N(CC)[C@@H](C)COc5ccc(C(F)(F)F)cn5)n4)nc3C(=O)N(CC)[C@@H](C)COc3ncc(C(F)(F)F)cc3F)n2)ccc1-n1nccn1)[C@@H](C)COc1ccc(Cl)cn1. The molecule has 464 valence electrons. The lowest BCUT2D eigenvalue weighted by molar-refractivity contribution is -0.138. The zero-order valence-corrected chi connectivity index (χ0v) is 49.1. The molecule has 0 aliphatic heterocycles. The zero-order chi connectivity index (χ0) is 63.9. The van der Waals surface area contributed by atoms with Crippen LogP contribution in [0.2, 0.25) is 5.02 Å². The van der Waals surface area contributed by atoms with Crippen LogP contribution in [0.5, 0.6) is 17.6 Å². The molecule has 0 spiro atoms. The van der Waals surface area contributed by atoms with Crippen LogP contribution in [0.25, 0.3) is 39.8 Å². The van der Waals surface area contributed by atoms with Crippen molar-refractivity contribution in [2.75, 3.05) is 39.5 Å². The zero-order valence-electron chi connectivity index (χ0n) is 48.4. The van der Waals surface area contributed by atoms with E-state index in [-0.39, 0.29) is 102 Å². The Morgan fingerprint density at radius 3 is 1.39 bits per heavy atom. The van der Waals surface area contributed by atoms with E-state index in [9.17, 15) is 40.3 Å². The minimum Gasteiger partial charge on any atom is -0.475 e. The summed E-state index contributed by atoms with van der Waals surface area (Å²) in [5.74, 6) is -3.71. The van der Waals surface area contributed by atoms with Crippen LogP contribution in [0.15, 0.2) is 110 Å². The Morgan fingerprint density at radius 2 is 0.955 bits per heavy atom. The van der Waals surface area contributed by atoms with Gasteiger partial charge in [-0.3, -0.25) is 14.4 Å². The van der Waals surface area contributed by atoms with Crippen LogP contribution >= 0.6 is 11.6 Å². The van der Waals surface area contributed by atoms with Crippen LogP contribution in [0.3, 0.4) is 0 Å². The largest absolute Gasteiger partial charge is 0.475 e. The molecule has 0 aliphatic carbocycles. The number of hydrogen-bond acceptors (Lipinski definition) is 18. The van der Waals surface area contributed by atoms with Gasteiger partial charge in [-0.25, -0.2) is 34.3 Å². The van der Waals surface area contributed by atoms with E-state index in [2.05, 4.69) is 45.4 Å². The molecule has 0 saturated carbocycles. The van der Waals surface area contributed by atoms with Gasteiger partial charge in [-0.15, -0.1) is 24.6 Å². The summed E-state index contributed by atoms with van der Waals surface area (Å²) in [6.07, 6.45) is -1.40. The van der Waals surface area contributed by atoms with Crippen molar-refractivity contribution >= 4 is 29.3 Å². The highest BCUT2D eigenvalue weighted by atomic mass is 35.5. The summed E-state index contributed by atoms with van der Waals surface area (Å²) in [5.41, 5.74) is -1.34. The van der Waals surface area contributed by atoms with E-state index in [0.29, 0.717) is 29.0 Å². The third kappa shape index (κ3) is 14.5. The molecule has 0 N–H and O–H groups in total. The first-order valence-electron chi connectivity index (χ1n) is 27.4. The molecular weight excluding hydrogens is 1200 g/mol. The Morgan fingerprint density at radius 1 is 0.517 bits per heavy atom. The minimum atomic E-state index is -4.87. The number of hydrogen-bond donors (Lipinski definition) is 0. The van der Waals surface area contributed by atoms with Gasteiger partial charge in [-0.1, -0.05) is 11.6 Å². The fourth-order valence-electron chi connectivity index (χ4n) is 9.05. The maximum atomic E-state index is 15.1. The summed E-state index contributed by atoms with van der Waals surface area (Å²) in [6.45, 7) is 11.7. The number of amides is 3. The number of alkyl halides is 6. The number of carbonyl (C=O) groups excluding carboxylic acids is 3. The molecular formula is C57H54ClF7N18O6. The smallest absolute Gasteiger partial charge is 0.417 e. The predicted octanol–water partition coefficient (Wildman–Crippen LogP) is 9.06. The van der Waals surface area contributed by atoms with E-state index in [4.69, 9.17) is 40.9 Å². The third-order valence-corrected chi connectivity index (χ3v) is 13.9. The second kappa shape index (κ2) is 26.9. The van der Waals surface area contributed by atoms with E-state index in [0.717, 1.165) is 21.7 Å². The van der Waals surface area contributed by atoms with Crippen molar-refractivity contribution in [1.29, 1.82) is 0 Å². The highest BCUT2D eigenvalue weighted by Gasteiger charge is 2.35. The molecule has 0 bridgehead atoms. The molecule has 0 unspecified atom stereocenters.